The topological polar surface area (TPSA) is 65.7 Å². The van der Waals surface area contributed by atoms with Crippen LogP contribution in [-0.2, 0) is 12.8 Å². The number of nitrogens with one attached hydrogen (secondary N) is 2. The maximum Gasteiger partial charge on any atom is 0.197 e. The first-order valence-electron chi connectivity index (χ1n) is 9.66. The van der Waals surface area contributed by atoms with Crippen molar-refractivity contribution in [2.75, 3.05) is 0 Å². The van der Waals surface area contributed by atoms with Gasteiger partial charge in [0, 0.05) is 21.5 Å². The lowest BCUT2D eigenvalue weighted by atomic mass is 10.0. The molecule has 0 aliphatic rings. The minimum absolute atomic E-state index is 0.0171. The van der Waals surface area contributed by atoms with Gasteiger partial charge in [-0.2, -0.15) is 0 Å². The van der Waals surface area contributed by atoms with E-state index >= 15 is 0 Å². The number of H-pyrrole nitrogens is 2. The van der Waals surface area contributed by atoms with Gasteiger partial charge in [0.25, 0.3) is 0 Å². The van der Waals surface area contributed by atoms with E-state index in [1.807, 2.05) is 36.4 Å². The van der Waals surface area contributed by atoms with Gasteiger partial charge in [0.1, 0.15) is 0 Å². The van der Waals surface area contributed by atoms with E-state index in [1.165, 1.54) is 11.1 Å². The molecule has 0 atom stereocenters. The van der Waals surface area contributed by atoms with Crippen molar-refractivity contribution >= 4 is 43.6 Å². The molecule has 5 rings (SSSR count). The van der Waals surface area contributed by atoms with Gasteiger partial charge in [-0.05, 0) is 60.4 Å². The summed E-state index contributed by atoms with van der Waals surface area (Å²) in [5.74, 6) is 0. The molecule has 0 unspecified atom stereocenters. The Labute approximate surface area is 160 Å². The highest BCUT2D eigenvalue weighted by Gasteiger charge is 2.11. The quantitative estimate of drug-likeness (QED) is 0.440. The second-order valence-corrected chi connectivity index (χ2v) is 7.32. The van der Waals surface area contributed by atoms with E-state index in [2.05, 4.69) is 23.8 Å². The molecule has 0 aliphatic heterocycles. The fraction of sp³-hybridized carbons (Fsp3) is 0.167. The maximum absolute atomic E-state index is 13.1. The van der Waals surface area contributed by atoms with Crippen LogP contribution in [0.2, 0.25) is 0 Å². The molecule has 0 fully saturated rings. The zero-order chi connectivity index (χ0) is 19.4. The van der Waals surface area contributed by atoms with Gasteiger partial charge in [0.2, 0.25) is 0 Å². The van der Waals surface area contributed by atoms with Crippen molar-refractivity contribution in [3.63, 3.8) is 0 Å². The Morgan fingerprint density at radius 3 is 1.36 bits per heavy atom. The SMILES string of the molecule is CCc1ccc2c(=O)c3cc4[nH]c5cc(CC)ccc5c(=O)c4cc3[nH]c2c1. The Kier molecular flexibility index (Phi) is 3.63. The van der Waals surface area contributed by atoms with Crippen molar-refractivity contribution in [2.45, 2.75) is 26.7 Å². The van der Waals surface area contributed by atoms with Crippen LogP contribution >= 0.6 is 0 Å². The fourth-order valence-corrected chi connectivity index (χ4v) is 3.99. The number of hydrogen-bond acceptors (Lipinski definition) is 2. The molecule has 5 aromatic rings. The Bertz CT molecular complexity index is 1410. The molecule has 28 heavy (non-hydrogen) atoms. The summed E-state index contributed by atoms with van der Waals surface area (Å²) < 4.78 is 0. The zero-order valence-corrected chi connectivity index (χ0v) is 15.8. The van der Waals surface area contributed by atoms with Crippen LogP contribution < -0.4 is 10.9 Å². The molecule has 0 aliphatic carbocycles. The Balaban J connectivity index is 1.92. The first kappa shape index (κ1) is 16.8. The third-order valence-electron chi connectivity index (χ3n) is 5.66. The Hall–Kier alpha value is -3.40. The van der Waals surface area contributed by atoms with Crippen LogP contribution in [0.4, 0.5) is 0 Å². The molecule has 0 spiro atoms. The molecule has 0 radical (unpaired) electrons. The van der Waals surface area contributed by atoms with Crippen LogP contribution in [0.25, 0.3) is 43.6 Å². The van der Waals surface area contributed by atoms with Crippen LogP contribution in [0.1, 0.15) is 25.0 Å². The molecule has 4 nitrogen and oxygen atoms in total. The largest absolute Gasteiger partial charge is 0.354 e. The summed E-state index contributed by atoms with van der Waals surface area (Å²) in [7, 11) is 0. The van der Waals surface area contributed by atoms with Crippen molar-refractivity contribution in [1.29, 1.82) is 0 Å². The second-order valence-electron chi connectivity index (χ2n) is 7.32. The summed E-state index contributed by atoms with van der Waals surface area (Å²) in [4.78, 5) is 32.9. The van der Waals surface area contributed by atoms with E-state index in [-0.39, 0.29) is 10.9 Å². The van der Waals surface area contributed by atoms with E-state index in [4.69, 9.17) is 0 Å². The molecule has 0 bridgehead atoms. The van der Waals surface area contributed by atoms with Crippen molar-refractivity contribution in [3.8, 4) is 0 Å². The highest BCUT2D eigenvalue weighted by atomic mass is 16.1. The van der Waals surface area contributed by atoms with Crippen LogP contribution in [0, 0.1) is 0 Å². The van der Waals surface area contributed by atoms with Crippen LogP contribution in [-0.4, -0.2) is 9.97 Å². The Morgan fingerprint density at radius 2 is 0.964 bits per heavy atom. The normalized spacial score (nSPS) is 11.8. The number of pyridine rings is 2. The lowest BCUT2D eigenvalue weighted by Crippen LogP contribution is -2.08. The van der Waals surface area contributed by atoms with Gasteiger partial charge >= 0.3 is 0 Å². The molecular formula is C24H20N2O2. The van der Waals surface area contributed by atoms with Gasteiger partial charge in [-0.1, -0.05) is 26.0 Å². The van der Waals surface area contributed by atoms with Gasteiger partial charge in [-0.25, -0.2) is 0 Å². The monoisotopic (exact) mass is 368 g/mol. The van der Waals surface area contributed by atoms with E-state index in [9.17, 15) is 9.59 Å². The number of aryl methyl sites for hydroxylation is 2. The summed E-state index contributed by atoms with van der Waals surface area (Å²) in [5, 5.41) is 2.51. The second kappa shape index (κ2) is 6.06. The standard InChI is InChI=1S/C24H20N2O2/c1-3-13-5-7-15-19(9-13)25-21-11-18-22(12-17(21)23(15)27)26-20-10-14(4-2)6-8-16(20)24(18)28/h5-12H,3-4H2,1-2H3,(H,25,27)(H,26,28). The first-order valence-corrected chi connectivity index (χ1v) is 9.66. The zero-order valence-electron chi connectivity index (χ0n) is 15.8. The first-order chi connectivity index (χ1) is 13.6. The molecule has 138 valence electrons. The summed E-state index contributed by atoms with van der Waals surface area (Å²) in [5.41, 5.74) is 5.29. The minimum Gasteiger partial charge on any atom is -0.354 e. The molecule has 2 aromatic heterocycles. The van der Waals surface area contributed by atoms with Gasteiger partial charge < -0.3 is 9.97 Å². The lowest BCUT2D eigenvalue weighted by molar-refractivity contribution is 1.14. The summed E-state index contributed by atoms with van der Waals surface area (Å²) in [6, 6.07) is 15.4. The molecule has 0 amide bonds. The van der Waals surface area contributed by atoms with Crippen LogP contribution in [0.5, 0.6) is 0 Å². The number of fused-ring (bicyclic) bond motifs is 4. The van der Waals surface area contributed by atoms with Gasteiger partial charge in [-0.3, -0.25) is 9.59 Å². The molecule has 4 heteroatoms. The van der Waals surface area contributed by atoms with Crippen molar-refractivity contribution < 1.29 is 0 Å². The number of benzene rings is 3. The van der Waals surface area contributed by atoms with E-state index in [1.54, 1.807) is 12.1 Å². The van der Waals surface area contributed by atoms with E-state index in [0.29, 0.717) is 32.6 Å². The highest BCUT2D eigenvalue weighted by molar-refractivity contribution is 6.02. The van der Waals surface area contributed by atoms with E-state index < -0.39 is 0 Å². The van der Waals surface area contributed by atoms with Gasteiger partial charge in [0.15, 0.2) is 10.9 Å². The van der Waals surface area contributed by atoms with Crippen molar-refractivity contribution in [1.82, 2.24) is 9.97 Å². The van der Waals surface area contributed by atoms with Gasteiger partial charge in [-0.15, -0.1) is 0 Å². The number of aromatic amines is 2. The third kappa shape index (κ3) is 2.38. The smallest absolute Gasteiger partial charge is 0.197 e. The number of aromatic nitrogens is 2. The summed E-state index contributed by atoms with van der Waals surface area (Å²) in [6.07, 6.45) is 1.80. The molecular weight excluding hydrogens is 348 g/mol. The summed E-state index contributed by atoms with van der Waals surface area (Å²) in [6.45, 7) is 4.17. The predicted octanol–water partition coefficient (Wildman–Crippen LogP) is 4.80. The number of hydrogen-bond donors (Lipinski definition) is 2. The third-order valence-corrected chi connectivity index (χ3v) is 5.66. The molecule has 3 aromatic carbocycles. The highest BCUT2D eigenvalue weighted by Crippen LogP contribution is 2.22. The van der Waals surface area contributed by atoms with Crippen molar-refractivity contribution in [3.05, 3.63) is 80.1 Å². The van der Waals surface area contributed by atoms with E-state index in [0.717, 1.165) is 23.9 Å². The minimum atomic E-state index is -0.0171. The lowest BCUT2D eigenvalue weighted by Gasteiger charge is -2.08. The van der Waals surface area contributed by atoms with Crippen LogP contribution in [0.15, 0.2) is 58.1 Å². The van der Waals surface area contributed by atoms with Crippen LogP contribution in [0.3, 0.4) is 0 Å². The molecule has 0 saturated carbocycles. The fourth-order valence-electron chi connectivity index (χ4n) is 3.99. The molecule has 2 heterocycles. The average Bonchev–Trinajstić information content (AvgIpc) is 2.72. The maximum atomic E-state index is 13.1. The average molecular weight is 368 g/mol. The predicted molar refractivity (Wildman–Crippen MR) is 116 cm³/mol. The van der Waals surface area contributed by atoms with Crippen molar-refractivity contribution in [2.24, 2.45) is 0 Å². The van der Waals surface area contributed by atoms with Gasteiger partial charge in [0.05, 0.1) is 22.1 Å². The Morgan fingerprint density at radius 1 is 0.571 bits per heavy atom. The summed E-state index contributed by atoms with van der Waals surface area (Å²) >= 11 is 0. The number of rotatable bonds is 2. The molecule has 2 N–H and O–H groups in total. The molecule has 0 saturated heterocycles.